The highest BCUT2D eigenvalue weighted by Crippen LogP contribution is 2.31. The Morgan fingerprint density at radius 1 is 1.34 bits per heavy atom. The topological polar surface area (TPSA) is 129 Å². The van der Waals surface area contributed by atoms with Crippen molar-refractivity contribution < 1.29 is 9.72 Å². The van der Waals surface area contributed by atoms with E-state index in [0.29, 0.717) is 11.0 Å². The number of nitro benzene ring substituents is 1. The molecule has 9 nitrogen and oxygen atoms in total. The second-order valence-electron chi connectivity index (χ2n) is 5.83. The molecular weight excluding hydrogens is 484 g/mol. The van der Waals surface area contributed by atoms with Crippen molar-refractivity contribution in [1.82, 2.24) is 14.9 Å². The molecule has 3 aromatic rings. The molecule has 0 aliphatic carbocycles. The predicted molar refractivity (Wildman–Crippen MR) is 115 cm³/mol. The standard InChI is InChI=1S/C17H14BrClN6O3S/c1-9(16(26)21-14-7-6-10(25(27)28)8-13(14)19)29-17-23-22-15(24(17)20)11-4-2-3-5-12(11)18/h2-9H,20H2,1H3,(H,21,26). The van der Waals surface area contributed by atoms with E-state index < -0.39 is 10.2 Å². The third-order valence-electron chi connectivity index (χ3n) is 3.85. The summed E-state index contributed by atoms with van der Waals surface area (Å²) in [5.74, 6) is 6.19. The number of carbonyl (C=O) groups excluding carboxylic acids is 1. The summed E-state index contributed by atoms with van der Waals surface area (Å²) in [6, 6.07) is 11.3. The molecule has 0 aliphatic rings. The first-order valence-corrected chi connectivity index (χ1v) is 10.2. The summed E-state index contributed by atoms with van der Waals surface area (Å²) in [6.07, 6.45) is 0. The number of nitrogen functional groups attached to an aromatic ring is 1. The summed E-state index contributed by atoms with van der Waals surface area (Å²) < 4.78 is 2.13. The van der Waals surface area contributed by atoms with E-state index >= 15 is 0 Å². The van der Waals surface area contributed by atoms with Gasteiger partial charge >= 0.3 is 0 Å². The fourth-order valence-electron chi connectivity index (χ4n) is 2.35. The van der Waals surface area contributed by atoms with Gasteiger partial charge in [0.05, 0.1) is 20.9 Å². The Morgan fingerprint density at radius 2 is 2.07 bits per heavy atom. The molecule has 1 unspecified atom stereocenters. The molecule has 1 aromatic heterocycles. The molecule has 0 radical (unpaired) electrons. The Kier molecular flexibility index (Phi) is 6.40. The normalized spacial score (nSPS) is 11.8. The van der Waals surface area contributed by atoms with Gasteiger partial charge in [0.25, 0.3) is 5.69 Å². The van der Waals surface area contributed by atoms with Gasteiger partial charge in [-0.1, -0.05) is 51.4 Å². The Bertz CT molecular complexity index is 1090. The van der Waals surface area contributed by atoms with E-state index in [1.807, 2.05) is 24.3 Å². The van der Waals surface area contributed by atoms with Gasteiger partial charge in [-0.15, -0.1) is 10.2 Å². The first kappa shape index (κ1) is 21.1. The lowest BCUT2D eigenvalue weighted by Gasteiger charge is -2.12. The largest absolute Gasteiger partial charge is 0.335 e. The number of carbonyl (C=O) groups is 1. The van der Waals surface area contributed by atoms with Crippen molar-refractivity contribution in [1.29, 1.82) is 0 Å². The zero-order chi connectivity index (χ0) is 21.1. The number of hydrogen-bond donors (Lipinski definition) is 2. The number of nitrogens with two attached hydrogens (primary N) is 1. The predicted octanol–water partition coefficient (Wildman–Crippen LogP) is 4.10. The van der Waals surface area contributed by atoms with Crippen molar-refractivity contribution in [3.63, 3.8) is 0 Å². The lowest BCUT2D eigenvalue weighted by molar-refractivity contribution is -0.384. The Hall–Kier alpha value is -2.63. The third-order valence-corrected chi connectivity index (χ3v) is 5.91. The van der Waals surface area contributed by atoms with Crippen molar-refractivity contribution in [3.05, 3.63) is 62.1 Å². The molecule has 1 atom stereocenters. The van der Waals surface area contributed by atoms with Crippen LogP contribution in [0.4, 0.5) is 11.4 Å². The number of nitro groups is 1. The van der Waals surface area contributed by atoms with E-state index in [1.54, 1.807) is 6.92 Å². The molecule has 3 rings (SSSR count). The second kappa shape index (κ2) is 8.80. The minimum absolute atomic E-state index is 0.0722. The van der Waals surface area contributed by atoms with Crippen LogP contribution in [0.25, 0.3) is 11.4 Å². The minimum atomic E-state index is -0.583. The van der Waals surface area contributed by atoms with E-state index in [2.05, 4.69) is 31.4 Å². The number of benzene rings is 2. The molecule has 0 fully saturated rings. The first-order chi connectivity index (χ1) is 13.8. The van der Waals surface area contributed by atoms with Crippen molar-refractivity contribution in [2.45, 2.75) is 17.3 Å². The molecule has 3 N–H and O–H groups in total. The zero-order valence-electron chi connectivity index (χ0n) is 14.9. The fourth-order valence-corrected chi connectivity index (χ4v) is 3.80. The highest BCUT2D eigenvalue weighted by atomic mass is 79.9. The number of non-ortho nitro benzene ring substituents is 1. The van der Waals surface area contributed by atoms with Gasteiger partial charge in [-0.05, 0) is 25.1 Å². The lowest BCUT2D eigenvalue weighted by Crippen LogP contribution is -2.23. The van der Waals surface area contributed by atoms with Crippen LogP contribution in [-0.2, 0) is 4.79 Å². The maximum atomic E-state index is 12.5. The van der Waals surface area contributed by atoms with Gasteiger partial charge in [-0.3, -0.25) is 14.9 Å². The molecule has 1 amide bonds. The van der Waals surface area contributed by atoms with Gasteiger partial charge in [-0.2, -0.15) is 0 Å². The average molecular weight is 498 g/mol. The van der Waals surface area contributed by atoms with Gasteiger partial charge in [0.2, 0.25) is 11.1 Å². The maximum Gasteiger partial charge on any atom is 0.271 e. The van der Waals surface area contributed by atoms with Crippen LogP contribution >= 0.6 is 39.3 Å². The van der Waals surface area contributed by atoms with Crippen LogP contribution in [0.5, 0.6) is 0 Å². The molecule has 0 spiro atoms. The molecular formula is C17H14BrClN6O3S. The SMILES string of the molecule is CC(Sc1nnc(-c2ccccc2Br)n1N)C(=O)Nc1ccc([N+](=O)[O-])cc1Cl. The molecule has 12 heteroatoms. The molecule has 150 valence electrons. The van der Waals surface area contributed by atoms with Gasteiger partial charge in [0.1, 0.15) is 0 Å². The second-order valence-corrected chi connectivity index (χ2v) is 8.40. The highest BCUT2D eigenvalue weighted by molar-refractivity contribution is 9.10. The minimum Gasteiger partial charge on any atom is -0.335 e. The van der Waals surface area contributed by atoms with Crippen LogP contribution < -0.4 is 11.2 Å². The summed E-state index contributed by atoms with van der Waals surface area (Å²) in [5, 5.41) is 21.4. The lowest BCUT2D eigenvalue weighted by atomic mass is 10.2. The first-order valence-electron chi connectivity index (χ1n) is 8.14. The fraction of sp³-hybridized carbons (Fsp3) is 0.118. The zero-order valence-corrected chi connectivity index (χ0v) is 18.0. The van der Waals surface area contributed by atoms with Crippen LogP contribution in [0.1, 0.15) is 6.92 Å². The molecule has 0 bridgehead atoms. The molecule has 0 aliphatic heterocycles. The number of nitrogens with one attached hydrogen (secondary N) is 1. The summed E-state index contributed by atoms with van der Waals surface area (Å²) in [6.45, 7) is 1.67. The van der Waals surface area contributed by atoms with Crippen LogP contribution in [0, 0.1) is 10.1 Å². The van der Waals surface area contributed by atoms with E-state index in [1.165, 1.54) is 22.9 Å². The number of rotatable bonds is 6. The number of amides is 1. The smallest absolute Gasteiger partial charge is 0.271 e. The molecule has 0 saturated heterocycles. The average Bonchev–Trinajstić information content (AvgIpc) is 3.03. The van der Waals surface area contributed by atoms with E-state index in [-0.39, 0.29) is 22.3 Å². The van der Waals surface area contributed by atoms with Crippen molar-refractivity contribution in [2.75, 3.05) is 11.2 Å². The molecule has 2 aromatic carbocycles. The van der Waals surface area contributed by atoms with Gasteiger partial charge in [0, 0.05) is 22.2 Å². The van der Waals surface area contributed by atoms with Gasteiger partial charge in [-0.25, -0.2) is 4.68 Å². The van der Waals surface area contributed by atoms with Gasteiger partial charge < -0.3 is 11.2 Å². The van der Waals surface area contributed by atoms with Crippen LogP contribution in [0.15, 0.2) is 52.1 Å². The summed E-state index contributed by atoms with van der Waals surface area (Å²) in [7, 11) is 0. The highest BCUT2D eigenvalue weighted by Gasteiger charge is 2.21. The van der Waals surface area contributed by atoms with Crippen LogP contribution in [0.3, 0.4) is 0 Å². The molecule has 0 saturated carbocycles. The number of anilines is 1. The van der Waals surface area contributed by atoms with Crippen molar-refractivity contribution in [2.24, 2.45) is 0 Å². The summed E-state index contributed by atoms with van der Waals surface area (Å²) in [4.78, 5) is 22.7. The van der Waals surface area contributed by atoms with Gasteiger partial charge in [0.15, 0.2) is 5.82 Å². The van der Waals surface area contributed by atoms with Crippen molar-refractivity contribution in [3.8, 4) is 11.4 Å². The molecule has 1 heterocycles. The Labute approximate surface area is 182 Å². The number of nitrogens with zero attached hydrogens (tertiary/aromatic N) is 4. The Balaban J connectivity index is 1.72. The number of halogens is 2. The molecule has 29 heavy (non-hydrogen) atoms. The monoisotopic (exact) mass is 496 g/mol. The van der Waals surface area contributed by atoms with E-state index in [0.717, 1.165) is 21.8 Å². The van der Waals surface area contributed by atoms with Crippen LogP contribution in [0.2, 0.25) is 5.02 Å². The quantitative estimate of drug-likeness (QED) is 0.227. The third kappa shape index (κ3) is 4.69. The summed E-state index contributed by atoms with van der Waals surface area (Å²) >= 11 is 10.6. The summed E-state index contributed by atoms with van der Waals surface area (Å²) in [5.41, 5.74) is 0.883. The van der Waals surface area contributed by atoms with Crippen molar-refractivity contribution >= 4 is 56.6 Å². The number of aromatic nitrogens is 3. The Morgan fingerprint density at radius 3 is 2.72 bits per heavy atom. The van der Waals surface area contributed by atoms with Crippen LogP contribution in [-0.4, -0.2) is 31.0 Å². The maximum absolute atomic E-state index is 12.5. The number of hydrogen-bond acceptors (Lipinski definition) is 7. The van der Waals surface area contributed by atoms with E-state index in [4.69, 9.17) is 17.4 Å². The number of thioether (sulfide) groups is 1. The van der Waals surface area contributed by atoms with E-state index in [9.17, 15) is 14.9 Å².